The Kier molecular flexibility index (Phi) is 5.88. The zero-order valence-corrected chi connectivity index (χ0v) is 14.2. The molecule has 0 aliphatic heterocycles. The summed E-state index contributed by atoms with van der Waals surface area (Å²) in [6.45, 7) is 6.04. The maximum Gasteiger partial charge on any atom is 0.322 e. The number of hydrogen-bond acceptors (Lipinski definition) is 2. The van der Waals surface area contributed by atoms with Crippen molar-refractivity contribution in [3.05, 3.63) is 59.1 Å². The van der Waals surface area contributed by atoms with E-state index in [2.05, 4.69) is 24.5 Å². The van der Waals surface area contributed by atoms with Crippen molar-refractivity contribution in [2.75, 3.05) is 5.32 Å². The van der Waals surface area contributed by atoms with Crippen molar-refractivity contribution in [3.63, 3.8) is 0 Å². The fourth-order valence-corrected chi connectivity index (χ4v) is 2.25. The second-order valence-corrected chi connectivity index (χ2v) is 5.97. The molecule has 0 aromatic heterocycles. The van der Waals surface area contributed by atoms with E-state index in [1.165, 1.54) is 5.56 Å². The topological polar surface area (TPSA) is 50.4 Å². The molecule has 2 aromatic rings. The number of nitrogens with one attached hydrogen (secondary N) is 2. The third-order valence-electron chi connectivity index (χ3n) is 3.32. The van der Waals surface area contributed by atoms with Crippen molar-refractivity contribution in [1.82, 2.24) is 5.32 Å². The maximum absolute atomic E-state index is 11.9. The van der Waals surface area contributed by atoms with Gasteiger partial charge in [0.05, 0.1) is 10.7 Å². The number of para-hydroxylation sites is 1. The minimum atomic E-state index is -0.470. The SMILES string of the molecule is CC(NC(=O)Nc1ccccc1Cl)Oc1ccc(C(C)C)cc1. The van der Waals surface area contributed by atoms with Gasteiger partial charge in [0, 0.05) is 0 Å². The average Bonchev–Trinajstić information content (AvgIpc) is 2.50. The number of anilines is 1. The van der Waals surface area contributed by atoms with Crippen LogP contribution in [0.5, 0.6) is 5.75 Å². The van der Waals surface area contributed by atoms with Gasteiger partial charge in [-0.2, -0.15) is 0 Å². The van der Waals surface area contributed by atoms with Crippen LogP contribution >= 0.6 is 11.6 Å². The lowest BCUT2D eigenvalue weighted by Crippen LogP contribution is -2.39. The van der Waals surface area contributed by atoms with Gasteiger partial charge in [-0.05, 0) is 42.7 Å². The molecule has 122 valence electrons. The van der Waals surface area contributed by atoms with Crippen LogP contribution in [0.2, 0.25) is 5.02 Å². The molecule has 0 heterocycles. The Morgan fingerprint density at radius 1 is 1.04 bits per heavy atom. The van der Waals surface area contributed by atoms with Crippen LogP contribution in [-0.2, 0) is 0 Å². The van der Waals surface area contributed by atoms with E-state index < -0.39 is 6.23 Å². The first-order valence-corrected chi connectivity index (χ1v) is 7.92. The number of halogens is 1. The normalized spacial score (nSPS) is 11.9. The predicted octanol–water partition coefficient (Wildman–Crippen LogP) is 5.01. The summed E-state index contributed by atoms with van der Waals surface area (Å²) in [7, 11) is 0. The van der Waals surface area contributed by atoms with Gasteiger partial charge < -0.3 is 15.4 Å². The van der Waals surface area contributed by atoms with Gasteiger partial charge in [0.2, 0.25) is 0 Å². The quantitative estimate of drug-likeness (QED) is 0.756. The Morgan fingerprint density at radius 3 is 2.30 bits per heavy atom. The molecule has 0 aliphatic carbocycles. The third-order valence-corrected chi connectivity index (χ3v) is 3.65. The molecule has 2 rings (SSSR count). The summed E-state index contributed by atoms with van der Waals surface area (Å²) < 4.78 is 5.68. The molecule has 1 unspecified atom stereocenters. The monoisotopic (exact) mass is 332 g/mol. The van der Waals surface area contributed by atoms with Crippen molar-refractivity contribution >= 4 is 23.3 Å². The van der Waals surface area contributed by atoms with E-state index in [0.29, 0.717) is 22.4 Å². The fraction of sp³-hybridized carbons (Fsp3) is 0.278. The molecular formula is C18H21ClN2O2. The standard InChI is InChI=1S/C18H21ClN2O2/c1-12(2)14-8-10-15(11-9-14)23-13(3)20-18(22)21-17-7-5-4-6-16(17)19/h4-13H,1-3H3,(H2,20,21,22). The zero-order chi connectivity index (χ0) is 16.8. The second-order valence-electron chi connectivity index (χ2n) is 5.56. The molecule has 4 nitrogen and oxygen atoms in total. The summed E-state index contributed by atoms with van der Waals surface area (Å²) in [6.07, 6.45) is -0.470. The molecule has 0 radical (unpaired) electrons. The van der Waals surface area contributed by atoms with Gasteiger partial charge in [-0.1, -0.05) is 49.7 Å². The Labute approximate surface area is 141 Å². The number of urea groups is 1. The van der Waals surface area contributed by atoms with Gasteiger partial charge in [0.25, 0.3) is 0 Å². The van der Waals surface area contributed by atoms with Gasteiger partial charge in [-0.25, -0.2) is 4.79 Å². The van der Waals surface area contributed by atoms with Crippen LogP contribution in [0, 0.1) is 0 Å². The lowest BCUT2D eigenvalue weighted by atomic mass is 10.0. The largest absolute Gasteiger partial charge is 0.471 e. The highest BCUT2D eigenvalue weighted by atomic mass is 35.5. The van der Waals surface area contributed by atoms with Crippen LogP contribution < -0.4 is 15.4 Å². The number of hydrogen-bond donors (Lipinski definition) is 2. The molecule has 2 N–H and O–H groups in total. The van der Waals surface area contributed by atoms with Crippen molar-refractivity contribution < 1.29 is 9.53 Å². The molecule has 0 saturated carbocycles. The highest BCUT2D eigenvalue weighted by molar-refractivity contribution is 6.33. The van der Waals surface area contributed by atoms with E-state index in [1.54, 1.807) is 31.2 Å². The average molecular weight is 333 g/mol. The van der Waals surface area contributed by atoms with Crippen LogP contribution in [-0.4, -0.2) is 12.3 Å². The molecule has 2 amide bonds. The van der Waals surface area contributed by atoms with Crippen molar-refractivity contribution in [1.29, 1.82) is 0 Å². The Morgan fingerprint density at radius 2 is 1.70 bits per heavy atom. The maximum atomic E-state index is 11.9. The Balaban J connectivity index is 1.87. The van der Waals surface area contributed by atoms with Crippen molar-refractivity contribution in [2.24, 2.45) is 0 Å². The van der Waals surface area contributed by atoms with Crippen LogP contribution in [0.4, 0.5) is 10.5 Å². The zero-order valence-electron chi connectivity index (χ0n) is 13.5. The van der Waals surface area contributed by atoms with E-state index in [-0.39, 0.29) is 6.03 Å². The summed E-state index contributed by atoms with van der Waals surface area (Å²) in [4.78, 5) is 11.9. The van der Waals surface area contributed by atoms with E-state index in [0.717, 1.165) is 0 Å². The first-order chi connectivity index (χ1) is 11.0. The summed E-state index contributed by atoms with van der Waals surface area (Å²) in [5, 5.41) is 5.89. The number of rotatable bonds is 5. The third kappa shape index (κ3) is 5.18. The number of amides is 2. The molecule has 2 aromatic carbocycles. The summed E-state index contributed by atoms with van der Waals surface area (Å²) in [5.74, 6) is 1.18. The lowest BCUT2D eigenvalue weighted by molar-refractivity contribution is 0.183. The minimum Gasteiger partial charge on any atom is -0.471 e. The summed E-state index contributed by atoms with van der Waals surface area (Å²) in [6, 6.07) is 14.5. The van der Waals surface area contributed by atoms with E-state index >= 15 is 0 Å². The van der Waals surface area contributed by atoms with E-state index in [1.807, 2.05) is 24.3 Å². The molecule has 0 fully saturated rings. The molecule has 23 heavy (non-hydrogen) atoms. The fourth-order valence-electron chi connectivity index (χ4n) is 2.07. The molecule has 0 saturated heterocycles. The predicted molar refractivity (Wildman–Crippen MR) is 94.2 cm³/mol. The number of benzene rings is 2. The molecule has 1 atom stereocenters. The molecule has 5 heteroatoms. The number of carbonyl (C=O) groups excluding carboxylic acids is 1. The van der Waals surface area contributed by atoms with E-state index in [9.17, 15) is 4.79 Å². The summed E-state index contributed by atoms with van der Waals surface area (Å²) >= 11 is 6.00. The van der Waals surface area contributed by atoms with Gasteiger partial charge in [-0.15, -0.1) is 0 Å². The molecular weight excluding hydrogens is 312 g/mol. The van der Waals surface area contributed by atoms with Crippen LogP contribution in [0.3, 0.4) is 0 Å². The molecule has 0 aliphatic rings. The van der Waals surface area contributed by atoms with Gasteiger partial charge in [0.1, 0.15) is 5.75 Å². The van der Waals surface area contributed by atoms with Crippen molar-refractivity contribution in [3.8, 4) is 5.75 Å². The first kappa shape index (κ1) is 17.2. The Hall–Kier alpha value is -2.20. The molecule has 0 spiro atoms. The Bertz CT molecular complexity index is 656. The van der Waals surface area contributed by atoms with Gasteiger partial charge in [0.15, 0.2) is 6.23 Å². The second kappa shape index (κ2) is 7.88. The van der Waals surface area contributed by atoms with Crippen LogP contribution in [0.25, 0.3) is 0 Å². The number of ether oxygens (including phenoxy) is 1. The first-order valence-electron chi connectivity index (χ1n) is 7.54. The van der Waals surface area contributed by atoms with Gasteiger partial charge in [-0.3, -0.25) is 0 Å². The minimum absolute atomic E-state index is 0.371. The molecule has 0 bridgehead atoms. The number of carbonyl (C=O) groups is 1. The highest BCUT2D eigenvalue weighted by Crippen LogP contribution is 2.21. The summed E-state index contributed by atoms with van der Waals surface area (Å²) in [5.41, 5.74) is 1.80. The smallest absolute Gasteiger partial charge is 0.322 e. The lowest BCUT2D eigenvalue weighted by Gasteiger charge is -2.17. The van der Waals surface area contributed by atoms with Crippen LogP contribution in [0.15, 0.2) is 48.5 Å². The highest BCUT2D eigenvalue weighted by Gasteiger charge is 2.10. The van der Waals surface area contributed by atoms with E-state index in [4.69, 9.17) is 16.3 Å². The van der Waals surface area contributed by atoms with Crippen LogP contribution in [0.1, 0.15) is 32.3 Å². The van der Waals surface area contributed by atoms with Gasteiger partial charge >= 0.3 is 6.03 Å². The van der Waals surface area contributed by atoms with Crippen molar-refractivity contribution in [2.45, 2.75) is 32.9 Å².